The lowest BCUT2D eigenvalue weighted by atomic mass is 9.91. The van der Waals surface area contributed by atoms with E-state index in [2.05, 4.69) is 36.5 Å². The molecule has 116 valence electrons. The van der Waals surface area contributed by atoms with Crippen LogP contribution in [0.3, 0.4) is 0 Å². The lowest BCUT2D eigenvalue weighted by molar-refractivity contribution is -0.116. The maximum atomic E-state index is 11.8. The molecule has 1 heterocycles. The number of aromatic nitrogens is 2. The first-order valence-corrected chi connectivity index (χ1v) is 6.79. The molecular formula is C14H27ClN4O. The van der Waals surface area contributed by atoms with Gasteiger partial charge in [-0.1, -0.05) is 20.8 Å². The highest BCUT2D eigenvalue weighted by molar-refractivity contribution is 5.89. The monoisotopic (exact) mass is 302 g/mol. The van der Waals surface area contributed by atoms with Gasteiger partial charge < -0.3 is 10.6 Å². The van der Waals surface area contributed by atoms with Gasteiger partial charge in [-0.05, 0) is 31.8 Å². The van der Waals surface area contributed by atoms with Gasteiger partial charge in [-0.2, -0.15) is 5.10 Å². The van der Waals surface area contributed by atoms with Crippen LogP contribution >= 0.6 is 12.4 Å². The zero-order valence-electron chi connectivity index (χ0n) is 13.1. The molecule has 1 aromatic heterocycles. The van der Waals surface area contributed by atoms with Gasteiger partial charge in [0.1, 0.15) is 5.82 Å². The molecule has 0 aliphatic heterocycles. The molecule has 0 spiro atoms. The van der Waals surface area contributed by atoms with Gasteiger partial charge in [-0.3, -0.25) is 9.48 Å². The number of amides is 1. The average molecular weight is 303 g/mol. The van der Waals surface area contributed by atoms with Gasteiger partial charge in [0.15, 0.2) is 0 Å². The second-order valence-corrected chi connectivity index (χ2v) is 6.14. The van der Waals surface area contributed by atoms with Crippen molar-refractivity contribution in [1.82, 2.24) is 15.1 Å². The molecule has 0 aliphatic rings. The van der Waals surface area contributed by atoms with E-state index in [0.717, 1.165) is 30.9 Å². The summed E-state index contributed by atoms with van der Waals surface area (Å²) in [6.45, 7) is 7.39. The van der Waals surface area contributed by atoms with Crippen LogP contribution < -0.4 is 10.6 Å². The third kappa shape index (κ3) is 6.91. The Morgan fingerprint density at radius 1 is 1.40 bits per heavy atom. The van der Waals surface area contributed by atoms with Crippen molar-refractivity contribution >= 4 is 24.1 Å². The van der Waals surface area contributed by atoms with Crippen LogP contribution in [0, 0.1) is 5.41 Å². The summed E-state index contributed by atoms with van der Waals surface area (Å²) in [5.41, 5.74) is 1.21. The average Bonchev–Trinajstić information content (AvgIpc) is 2.56. The van der Waals surface area contributed by atoms with Crippen molar-refractivity contribution in [3.05, 3.63) is 11.8 Å². The maximum absolute atomic E-state index is 11.8. The normalized spacial score (nSPS) is 11.1. The number of anilines is 1. The Hall–Kier alpha value is -1.07. The number of aryl methyl sites for hydroxylation is 1. The Morgan fingerprint density at radius 2 is 2.05 bits per heavy atom. The number of hydrogen-bond donors (Lipinski definition) is 2. The van der Waals surface area contributed by atoms with Gasteiger partial charge in [-0.25, -0.2) is 0 Å². The topological polar surface area (TPSA) is 59.0 Å². The van der Waals surface area contributed by atoms with E-state index in [4.69, 9.17) is 0 Å². The molecule has 0 saturated carbocycles. The summed E-state index contributed by atoms with van der Waals surface area (Å²) < 4.78 is 1.73. The Balaban J connectivity index is 0.00000361. The summed E-state index contributed by atoms with van der Waals surface area (Å²) >= 11 is 0. The molecule has 0 fully saturated rings. The Labute approximate surface area is 127 Å². The molecule has 0 aromatic carbocycles. The van der Waals surface area contributed by atoms with E-state index < -0.39 is 0 Å². The SMILES string of the molecule is CNCCCC(=O)Nc1cc(CC(C)(C)C)nn1C.Cl. The molecule has 0 atom stereocenters. The minimum atomic E-state index is 0. The Kier molecular flexibility index (Phi) is 7.83. The number of rotatable bonds is 6. The number of carbonyl (C=O) groups excluding carboxylic acids is 1. The fraction of sp³-hybridized carbons (Fsp3) is 0.714. The molecular weight excluding hydrogens is 276 g/mol. The Morgan fingerprint density at radius 3 is 2.60 bits per heavy atom. The minimum Gasteiger partial charge on any atom is -0.320 e. The molecule has 6 heteroatoms. The molecule has 1 aromatic rings. The van der Waals surface area contributed by atoms with Crippen molar-refractivity contribution in [2.75, 3.05) is 18.9 Å². The van der Waals surface area contributed by atoms with E-state index in [1.807, 2.05) is 20.2 Å². The first-order valence-electron chi connectivity index (χ1n) is 6.79. The van der Waals surface area contributed by atoms with Crippen LogP contribution in [0.5, 0.6) is 0 Å². The fourth-order valence-corrected chi connectivity index (χ4v) is 1.90. The molecule has 0 radical (unpaired) electrons. The maximum Gasteiger partial charge on any atom is 0.225 e. The zero-order valence-corrected chi connectivity index (χ0v) is 13.9. The molecule has 0 bridgehead atoms. The second kappa shape index (κ2) is 8.27. The third-order valence-electron chi connectivity index (χ3n) is 2.74. The quantitative estimate of drug-likeness (QED) is 0.793. The van der Waals surface area contributed by atoms with E-state index in [1.54, 1.807) is 4.68 Å². The number of nitrogens with one attached hydrogen (secondary N) is 2. The van der Waals surface area contributed by atoms with Crippen LogP contribution in [0.2, 0.25) is 0 Å². The third-order valence-corrected chi connectivity index (χ3v) is 2.74. The standard InChI is InChI=1S/C14H26N4O.ClH/c1-14(2,3)10-11-9-12(18(5)17-11)16-13(19)7-6-8-15-4;/h9,15H,6-8,10H2,1-5H3,(H,16,19);1H. The van der Waals surface area contributed by atoms with E-state index in [1.165, 1.54) is 0 Å². The van der Waals surface area contributed by atoms with Gasteiger partial charge in [-0.15, -0.1) is 12.4 Å². The van der Waals surface area contributed by atoms with E-state index in [-0.39, 0.29) is 23.7 Å². The highest BCUT2D eigenvalue weighted by atomic mass is 35.5. The fourth-order valence-electron chi connectivity index (χ4n) is 1.90. The van der Waals surface area contributed by atoms with Crippen molar-refractivity contribution in [2.45, 2.75) is 40.0 Å². The summed E-state index contributed by atoms with van der Waals surface area (Å²) in [7, 11) is 3.74. The molecule has 1 amide bonds. The van der Waals surface area contributed by atoms with Crippen molar-refractivity contribution in [3.8, 4) is 0 Å². The molecule has 0 saturated heterocycles. The van der Waals surface area contributed by atoms with Crippen LogP contribution in [0.1, 0.15) is 39.3 Å². The first kappa shape index (κ1) is 18.9. The van der Waals surface area contributed by atoms with Crippen LogP contribution in [0.4, 0.5) is 5.82 Å². The van der Waals surface area contributed by atoms with Crippen molar-refractivity contribution in [3.63, 3.8) is 0 Å². The lowest BCUT2D eigenvalue weighted by Gasteiger charge is -2.15. The molecule has 2 N–H and O–H groups in total. The van der Waals surface area contributed by atoms with Crippen LogP contribution in [-0.4, -0.2) is 29.3 Å². The van der Waals surface area contributed by atoms with E-state index >= 15 is 0 Å². The highest BCUT2D eigenvalue weighted by Gasteiger charge is 2.15. The second-order valence-electron chi connectivity index (χ2n) is 6.14. The van der Waals surface area contributed by atoms with Gasteiger partial charge in [0.25, 0.3) is 0 Å². The zero-order chi connectivity index (χ0) is 14.5. The smallest absolute Gasteiger partial charge is 0.225 e. The van der Waals surface area contributed by atoms with Crippen molar-refractivity contribution < 1.29 is 4.79 Å². The lowest BCUT2D eigenvalue weighted by Crippen LogP contribution is -2.16. The molecule has 0 aliphatic carbocycles. The highest BCUT2D eigenvalue weighted by Crippen LogP contribution is 2.21. The van der Waals surface area contributed by atoms with Crippen LogP contribution in [0.25, 0.3) is 0 Å². The minimum absolute atomic E-state index is 0. The Bertz CT molecular complexity index is 423. The van der Waals surface area contributed by atoms with Crippen molar-refractivity contribution in [2.24, 2.45) is 12.5 Å². The van der Waals surface area contributed by atoms with E-state index in [0.29, 0.717) is 6.42 Å². The van der Waals surface area contributed by atoms with Gasteiger partial charge in [0.05, 0.1) is 5.69 Å². The van der Waals surface area contributed by atoms with Crippen LogP contribution in [0.15, 0.2) is 6.07 Å². The van der Waals surface area contributed by atoms with Gasteiger partial charge in [0, 0.05) is 19.5 Å². The summed E-state index contributed by atoms with van der Waals surface area (Å²) in [4.78, 5) is 11.8. The summed E-state index contributed by atoms with van der Waals surface area (Å²) in [5.74, 6) is 0.814. The van der Waals surface area contributed by atoms with Crippen LogP contribution in [-0.2, 0) is 18.3 Å². The molecule has 20 heavy (non-hydrogen) atoms. The predicted molar refractivity (Wildman–Crippen MR) is 85.4 cm³/mol. The van der Waals surface area contributed by atoms with Crippen molar-refractivity contribution in [1.29, 1.82) is 0 Å². The summed E-state index contributed by atoms with van der Waals surface area (Å²) in [5, 5.41) is 10.4. The van der Waals surface area contributed by atoms with E-state index in [9.17, 15) is 4.79 Å². The first-order chi connectivity index (χ1) is 8.81. The predicted octanol–water partition coefficient (Wildman–Crippen LogP) is 2.37. The molecule has 5 nitrogen and oxygen atoms in total. The molecule has 1 rings (SSSR count). The number of halogens is 1. The van der Waals surface area contributed by atoms with Gasteiger partial charge in [0.2, 0.25) is 5.91 Å². The number of carbonyl (C=O) groups is 1. The summed E-state index contributed by atoms with van der Waals surface area (Å²) in [6, 6.07) is 1.96. The molecule has 0 unspecified atom stereocenters. The number of nitrogens with zero attached hydrogens (tertiary/aromatic N) is 2. The number of hydrogen-bond acceptors (Lipinski definition) is 3. The summed E-state index contributed by atoms with van der Waals surface area (Å²) in [6.07, 6.45) is 2.27. The van der Waals surface area contributed by atoms with Gasteiger partial charge >= 0.3 is 0 Å². The largest absolute Gasteiger partial charge is 0.320 e.